The number of nitrogens with two attached hydrogens (primary N) is 2. The van der Waals surface area contributed by atoms with Gasteiger partial charge in [0, 0.05) is 24.5 Å². The van der Waals surface area contributed by atoms with Gasteiger partial charge in [0.15, 0.2) is 0 Å². The van der Waals surface area contributed by atoms with E-state index in [1.807, 2.05) is 56.3 Å². The number of hydrogen-bond acceptors (Lipinski definition) is 10. The van der Waals surface area contributed by atoms with Crippen LogP contribution in [0, 0.1) is 12.8 Å². The van der Waals surface area contributed by atoms with E-state index in [1.54, 1.807) is 23.2 Å². The number of ether oxygens (including phenoxy) is 1. The van der Waals surface area contributed by atoms with Crippen LogP contribution in [0.5, 0.6) is 5.75 Å². The molecule has 3 unspecified atom stereocenters. The predicted molar refractivity (Wildman–Crippen MR) is 146 cm³/mol. The zero-order valence-electron chi connectivity index (χ0n) is 21.8. The first-order valence-electron chi connectivity index (χ1n) is 12.7. The molecule has 38 heavy (non-hydrogen) atoms. The average Bonchev–Trinajstić information content (AvgIpc) is 3.76. The molecule has 2 heterocycles. The number of fused-ring (bicyclic) bond motifs is 1. The molecule has 0 spiro atoms. The van der Waals surface area contributed by atoms with Crippen LogP contribution in [0.3, 0.4) is 0 Å². The molecule has 2 aliphatic heterocycles. The van der Waals surface area contributed by atoms with Gasteiger partial charge in [-0.25, -0.2) is 10.8 Å². The van der Waals surface area contributed by atoms with Crippen molar-refractivity contribution in [2.75, 3.05) is 23.9 Å². The number of rotatable bonds is 9. The standard InChI is InChI=1S/C26H34N10O2/c1-15-6-4-9-20-22(15)25(37)35(18-7-5-8-19(12-18)38-14-17-10-11-17)23(31-20)16(2)36(28)24-21(29-3)13-30-26(32-24)33-34-27/h4-9,12-13,16-17,23,26,29,31-32H,10-11,14,28H2,1-3H3,(H2,27,33). The number of aryl methyl sites for hydroxylation is 1. The summed E-state index contributed by atoms with van der Waals surface area (Å²) in [5.74, 6) is 13.7. The smallest absolute Gasteiger partial charge is 0.262 e. The molecule has 7 N–H and O–H groups in total. The lowest BCUT2D eigenvalue weighted by molar-refractivity contribution is 0.0955. The van der Waals surface area contributed by atoms with Gasteiger partial charge in [0.05, 0.1) is 30.1 Å². The van der Waals surface area contributed by atoms with Gasteiger partial charge in [-0.15, -0.1) is 5.11 Å². The molecule has 0 saturated heterocycles. The Morgan fingerprint density at radius 3 is 2.79 bits per heavy atom. The van der Waals surface area contributed by atoms with Crippen LogP contribution < -0.4 is 37.3 Å². The highest BCUT2D eigenvalue weighted by molar-refractivity contribution is 6.13. The number of allylic oxidation sites excluding steroid dienone is 1. The van der Waals surface area contributed by atoms with Gasteiger partial charge in [-0.05, 0) is 56.4 Å². The fourth-order valence-electron chi connectivity index (χ4n) is 4.70. The quantitative estimate of drug-likeness (QED) is 0.192. The zero-order valence-corrected chi connectivity index (χ0v) is 21.8. The Labute approximate surface area is 221 Å². The van der Waals surface area contributed by atoms with Crippen LogP contribution in [-0.4, -0.2) is 49.3 Å². The number of anilines is 2. The maximum absolute atomic E-state index is 14.1. The summed E-state index contributed by atoms with van der Waals surface area (Å²) in [6, 6.07) is 13.0. The molecule has 1 saturated carbocycles. The van der Waals surface area contributed by atoms with E-state index in [9.17, 15) is 4.79 Å². The van der Waals surface area contributed by atoms with Crippen LogP contribution in [0.4, 0.5) is 11.4 Å². The van der Waals surface area contributed by atoms with Crippen LogP contribution >= 0.6 is 0 Å². The predicted octanol–water partition coefficient (Wildman–Crippen LogP) is 2.42. The van der Waals surface area contributed by atoms with Crippen molar-refractivity contribution in [3.8, 4) is 5.75 Å². The van der Waals surface area contributed by atoms with Crippen molar-refractivity contribution in [3.05, 3.63) is 65.1 Å². The molecule has 3 aliphatic rings. The molecule has 1 amide bonds. The van der Waals surface area contributed by atoms with Gasteiger partial charge in [-0.2, -0.15) is 0 Å². The highest BCUT2D eigenvalue weighted by Gasteiger charge is 2.40. The summed E-state index contributed by atoms with van der Waals surface area (Å²) in [6.45, 7) is 4.56. The number of amides is 1. The minimum Gasteiger partial charge on any atom is -0.493 e. The molecular weight excluding hydrogens is 484 g/mol. The highest BCUT2D eigenvalue weighted by Crippen LogP contribution is 2.36. The highest BCUT2D eigenvalue weighted by atomic mass is 16.5. The minimum atomic E-state index is -0.717. The van der Waals surface area contributed by atoms with E-state index in [1.165, 1.54) is 12.8 Å². The summed E-state index contributed by atoms with van der Waals surface area (Å²) >= 11 is 0. The van der Waals surface area contributed by atoms with E-state index >= 15 is 0 Å². The van der Waals surface area contributed by atoms with Crippen LogP contribution in [-0.2, 0) is 0 Å². The van der Waals surface area contributed by atoms with E-state index in [0.29, 0.717) is 35.3 Å². The van der Waals surface area contributed by atoms with E-state index in [2.05, 4.69) is 31.3 Å². The number of hydrazine groups is 1. The second-order valence-electron chi connectivity index (χ2n) is 9.70. The molecular formula is C26H34N10O2. The van der Waals surface area contributed by atoms with Crippen molar-refractivity contribution in [2.24, 2.45) is 32.9 Å². The fourth-order valence-corrected chi connectivity index (χ4v) is 4.70. The number of nitrogens with one attached hydrogen (secondary N) is 3. The summed E-state index contributed by atoms with van der Waals surface area (Å²) in [6.07, 6.45) is 2.78. The number of hydrogen-bond donors (Lipinski definition) is 5. The summed E-state index contributed by atoms with van der Waals surface area (Å²) in [7, 11) is 1.77. The second kappa shape index (κ2) is 10.6. The Balaban J connectivity index is 1.51. The molecule has 0 aromatic heterocycles. The number of carbonyl (C=O) groups excluding carboxylic acids is 1. The lowest BCUT2D eigenvalue weighted by Crippen LogP contribution is -2.62. The van der Waals surface area contributed by atoms with E-state index < -0.39 is 18.5 Å². The number of benzene rings is 2. The summed E-state index contributed by atoms with van der Waals surface area (Å²) in [4.78, 5) is 20.1. The van der Waals surface area contributed by atoms with Crippen molar-refractivity contribution in [2.45, 2.75) is 45.2 Å². The lowest BCUT2D eigenvalue weighted by atomic mass is 9.99. The number of nitrogens with zero attached hydrogens (tertiary/aromatic N) is 5. The monoisotopic (exact) mass is 518 g/mol. The van der Waals surface area contributed by atoms with Gasteiger partial charge in [0.25, 0.3) is 5.91 Å². The first kappa shape index (κ1) is 25.3. The Morgan fingerprint density at radius 2 is 2.05 bits per heavy atom. The number of carbonyl (C=O) groups is 1. The maximum Gasteiger partial charge on any atom is 0.262 e. The van der Waals surface area contributed by atoms with E-state index in [-0.39, 0.29) is 5.91 Å². The molecule has 2 aromatic carbocycles. The molecule has 5 rings (SSSR count). The third kappa shape index (κ3) is 4.94. The molecule has 0 radical (unpaired) electrons. The van der Waals surface area contributed by atoms with Crippen molar-refractivity contribution in [3.63, 3.8) is 0 Å². The lowest BCUT2D eigenvalue weighted by Gasteiger charge is -2.45. The molecule has 200 valence electrons. The first-order chi connectivity index (χ1) is 18.4. The van der Waals surface area contributed by atoms with Gasteiger partial charge in [-0.3, -0.25) is 14.7 Å². The second-order valence-corrected chi connectivity index (χ2v) is 9.70. The Morgan fingerprint density at radius 1 is 1.26 bits per heavy atom. The Hall–Kier alpha value is -4.32. The Kier molecular flexibility index (Phi) is 7.05. The van der Waals surface area contributed by atoms with Gasteiger partial charge in [-0.1, -0.05) is 23.4 Å². The van der Waals surface area contributed by atoms with Crippen molar-refractivity contribution >= 4 is 23.5 Å². The van der Waals surface area contributed by atoms with Crippen molar-refractivity contribution in [1.82, 2.24) is 15.6 Å². The zero-order chi connectivity index (χ0) is 26.8. The number of aliphatic imine (C=N–C) groups is 1. The van der Waals surface area contributed by atoms with Gasteiger partial charge < -0.3 is 26.5 Å². The first-order valence-corrected chi connectivity index (χ1v) is 12.7. The summed E-state index contributed by atoms with van der Waals surface area (Å²) in [5.41, 5.74) is 3.65. The molecule has 12 heteroatoms. The molecule has 0 bridgehead atoms. The van der Waals surface area contributed by atoms with Crippen molar-refractivity contribution < 1.29 is 9.53 Å². The maximum atomic E-state index is 14.1. The summed E-state index contributed by atoms with van der Waals surface area (Å²) < 4.78 is 6.03. The fraction of sp³-hybridized carbons (Fsp3) is 0.385. The van der Waals surface area contributed by atoms with Crippen LogP contribution in [0.25, 0.3) is 0 Å². The topological polar surface area (TPSA) is 158 Å². The van der Waals surface area contributed by atoms with Crippen LogP contribution in [0.2, 0.25) is 0 Å². The Bertz CT molecular complexity index is 1290. The summed E-state index contributed by atoms with van der Waals surface area (Å²) in [5, 5.41) is 18.6. The SMILES string of the molecule is CNC1=C(N(N)C(C)C2Nc3cccc(C)c3C(=O)N2c2cccc(OCC3CC3)c2)NC(N=NN)N=C1. The van der Waals surface area contributed by atoms with Gasteiger partial charge in [0.1, 0.15) is 17.7 Å². The molecule has 1 fully saturated rings. The third-order valence-electron chi connectivity index (χ3n) is 7.03. The molecule has 12 nitrogen and oxygen atoms in total. The van der Waals surface area contributed by atoms with Crippen molar-refractivity contribution in [1.29, 1.82) is 0 Å². The van der Waals surface area contributed by atoms with Gasteiger partial charge >= 0.3 is 0 Å². The molecule has 2 aromatic rings. The van der Waals surface area contributed by atoms with E-state index in [4.69, 9.17) is 16.4 Å². The average molecular weight is 519 g/mol. The minimum absolute atomic E-state index is 0.114. The molecule has 1 aliphatic carbocycles. The molecule has 3 atom stereocenters. The normalized spacial score (nSPS) is 21.6. The third-order valence-corrected chi connectivity index (χ3v) is 7.03. The van der Waals surface area contributed by atoms with Crippen LogP contribution in [0.1, 0.15) is 35.7 Å². The largest absolute Gasteiger partial charge is 0.493 e. The van der Waals surface area contributed by atoms with Gasteiger partial charge in [0.2, 0.25) is 6.29 Å². The van der Waals surface area contributed by atoms with Crippen LogP contribution in [0.15, 0.2) is 69.3 Å². The van der Waals surface area contributed by atoms with E-state index in [0.717, 1.165) is 17.0 Å².